The summed E-state index contributed by atoms with van der Waals surface area (Å²) >= 11 is 0. The number of carbonyl (C=O) groups is 2. The van der Waals surface area contributed by atoms with Crippen LogP contribution < -0.4 is 5.32 Å². The quantitative estimate of drug-likeness (QED) is 0.794. The van der Waals surface area contributed by atoms with Gasteiger partial charge in [0.1, 0.15) is 5.54 Å². The van der Waals surface area contributed by atoms with Crippen molar-refractivity contribution in [3.8, 4) is 0 Å². The van der Waals surface area contributed by atoms with E-state index in [9.17, 15) is 9.59 Å². The molecule has 0 aromatic carbocycles. The zero-order valence-corrected chi connectivity index (χ0v) is 13.2. The Hall–Kier alpha value is -1.10. The lowest BCUT2D eigenvalue weighted by Crippen LogP contribution is -2.50. The largest absolute Gasteiger partial charge is 0.326 e. The van der Waals surface area contributed by atoms with Crippen LogP contribution in [0.5, 0.6) is 0 Å². The lowest BCUT2D eigenvalue weighted by Gasteiger charge is -2.35. The molecule has 0 bridgehead atoms. The summed E-state index contributed by atoms with van der Waals surface area (Å²) < 4.78 is 0. The number of hydrogen-bond acceptors (Lipinski definition) is 3. The molecule has 0 radical (unpaired) electrons. The van der Waals surface area contributed by atoms with Crippen LogP contribution >= 0.6 is 0 Å². The molecule has 1 saturated carbocycles. The maximum Gasteiger partial charge on any atom is 0.326 e. The molecule has 0 aromatic heterocycles. The molecular formula is C16H27N3O2. The first-order valence-electron chi connectivity index (χ1n) is 8.37. The summed E-state index contributed by atoms with van der Waals surface area (Å²) in [6.45, 7) is 6.93. The van der Waals surface area contributed by atoms with E-state index in [1.807, 2.05) is 0 Å². The van der Waals surface area contributed by atoms with Gasteiger partial charge in [0.15, 0.2) is 0 Å². The van der Waals surface area contributed by atoms with Crippen molar-refractivity contribution < 1.29 is 9.59 Å². The van der Waals surface area contributed by atoms with E-state index in [-0.39, 0.29) is 11.9 Å². The maximum absolute atomic E-state index is 12.8. The fourth-order valence-electron chi connectivity index (χ4n) is 3.80. The third-order valence-corrected chi connectivity index (χ3v) is 5.59. The van der Waals surface area contributed by atoms with Crippen molar-refractivity contribution in [2.75, 3.05) is 19.8 Å². The number of nitrogens with one attached hydrogen (secondary N) is 1. The molecule has 0 atom stereocenters. The molecule has 0 aromatic rings. The predicted octanol–water partition coefficient (Wildman–Crippen LogP) is 2.18. The maximum atomic E-state index is 12.8. The third-order valence-electron chi connectivity index (χ3n) is 5.59. The molecule has 1 aliphatic carbocycles. The van der Waals surface area contributed by atoms with Crippen LogP contribution in [0.15, 0.2) is 0 Å². The molecule has 1 N–H and O–H groups in total. The smallest absolute Gasteiger partial charge is 0.323 e. The van der Waals surface area contributed by atoms with E-state index in [0.29, 0.717) is 12.6 Å². The van der Waals surface area contributed by atoms with Crippen LogP contribution in [0.3, 0.4) is 0 Å². The minimum absolute atomic E-state index is 0.0121. The van der Waals surface area contributed by atoms with E-state index in [1.165, 1.54) is 4.90 Å². The number of urea groups is 1. The van der Waals surface area contributed by atoms with Crippen LogP contribution in [-0.4, -0.2) is 47.0 Å². The van der Waals surface area contributed by atoms with Crippen molar-refractivity contribution in [1.82, 2.24) is 15.1 Å². The Kier molecular flexibility index (Phi) is 3.95. The molecule has 0 unspecified atom stereocenters. The van der Waals surface area contributed by atoms with Crippen LogP contribution in [0.1, 0.15) is 52.4 Å². The fourth-order valence-corrected chi connectivity index (χ4v) is 3.80. The van der Waals surface area contributed by atoms with Crippen molar-refractivity contribution in [2.24, 2.45) is 11.8 Å². The van der Waals surface area contributed by atoms with Gasteiger partial charge in [0, 0.05) is 13.1 Å². The number of amides is 3. The van der Waals surface area contributed by atoms with Gasteiger partial charge in [0.25, 0.3) is 5.91 Å². The molecule has 5 heteroatoms. The monoisotopic (exact) mass is 293 g/mol. The lowest BCUT2D eigenvalue weighted by molar-refractivity contribution is -0.134. The fraction of sp³-hybridized carbons (Fsp3) is 0.875. The van der Waals surface area contributed by atoms with Crippen molar-refractivity contribution in [2.45, 2.75) is 57.9 Å². The van der Waals surface area contributed by atoms with E-state index in [2.05, 4.69) is 24.1 Å². The van der Waals surface area contributed by atoms with Crippen LogP contribution in [-0.2, 0) is 4.79 Å². The molecule has 2 aliphatic heterocycles. The van der Waals surface area contributed by atoms with Gasteiger partial charge in [-0.15, -0.1) is 0 Å². The van der Waals surface area contributed by atoms with Gasteiger partial charge in [0.2, 0.25) is 0 Å². The van der Waals surface area contributed by atoms with Crippen LogP contribution in [0.25, 0.3) is 0 Å². The highest BCUT2D eigenvalue weighted by atomic mass is 16.2. The molecule has 2 saturated heterocycles. The van der Waals surface area contributed by atoms with Crippen LogP contribution in [0, 0.1) is 11.8 Å². The lowest BCUT2D eigenvalue weighted by atomic mass is 9.77. The van der Waals surface area contributed by atoms with Crippen molar-refractivity contribution in [3.05, 3.63) is 0 Å². The van der Waals surface area contributed by atoms with E-state index < -0.39 is 5.54 Å². The van der Waals surface area contributed by atoms with Crippen LogP contribution in [0.2, 0.25) is 0 Å². The molecular weight excluding hydrogens is 266 g/mol. The number of imide groups is 1. The molecule has 118 valence electrons. The summed E-state index contributed by atoms with van der Waals surface area (Å²) in [6, 6.07) is -0.187. The number of likely N-dealkylation sites (tertiary alicyclic amines) is 1. The van der Waals surface area contributed by atoms with Gasteiger partial charge in [-0.3, -0.25) is 9.69 Å². The third kappa shape index (κ3) is 2.80. The molecule has 3 rings (SSSR count). The van der Waals surface area contributed by atoms with Gasteiger partial charge in [-0.1, -0.05) is 13.8 Å². The normalized spacial score (nSPS) is 35.5. The topological polar surface area (TPSA) is 52.6 Å². The van der Waals surface area contributed by atoms with Crippen molar-refractivity contribution in [1.29, 1.82) is 0 Å². The van der Waals surface area contributed by atoms with Gasteiger partial charge >= 0.3 is 6.03 Å². The standard InChI is InChI=1S/C16H27N3O2/c1-12-3-7-16(8-4-12)14(20)19(15(21)17-16)11-18-9-5-13(2)6-10-18/h12-13H,3-11H2,1-2H3,(H,17,21). The predicted molar refractivity (Wildman–Crippen MR) is 80.6 cm³/mol. The zero-order valence-electron chi connectivity index (χ0n) is 13.2. The second kappa shape index (κ2) is 5.59. The van der Waals surface area contributed by atoms with Gasteiger partial charge in [-0.25, -0.2) is 9.69 Å². The van der Waals surface area contributed by atoms with E-state index >= 15 is 0 Å². The highest BCUT2D eigenvalue weighted by Gasteiger charge is 2.52. The van der Waals surface area contributed by atoms with Gasteiger partial charge < -0.3 is 5.32 Å². The Bertz CT molecular complexity index is 421. The van der Waals surface area contributed by atoms with E-state index in [0.717, 1.165) is 57.5 Å². The SMILES string of the molecule is CC1CCN(CN2C(=O)NC3(CCC(C)CC3)C2=O)CC1. The summed E-state index contributed by atoms with van der Waals surface area (Å²) in [6.07, 6.45) is 5.97. The summed E-state index contributed by atoms with van der Waals surface area (Å²) in [5.41, 5.74) is -0.591. The van der Waals surface area contributed by atoms with Gasteiger partial charge in [0.05, 0.1) is 6.67 Å². The van der Waals surface area contributed by atoms with Crippen LogP contribution in [0.4, 0.5) is 4.79 Å². The first-order chi connectivity index (χ1) is 10.00. The Morgan fingerprint density at radius 3 is 2.24 bits per heavy atom. The Labute approximate surface area is 127 Å². The average Bonchev–Trinajstić information content (AvgIpc) is 2.69. The Morgan fingerprint density at radius 2 is 1.62 bits per heavy atom. The van der Waals surface area contributed by atoms with E-state index in [4.69, 9.17) is 0 Å². The molecule has 2 heterocycles. The molecule has 21 heavy (non-hydrogen) atoms. The molecule has 3 aliphatic rings. The molecule has 3 fully saturated rings. The molecule has 5 nitrogen and oxygen atoms in total. The summed E-state index contributed by atoms with van der Waals surface area (Å²) in [5, 5.41) is 3.00. The first kappa shape index (κ1) is 14.8. The van der Waals surface area contributed by atoms with Crippen molar-refractivity contribution in [3.63, 3.8) is 0 Å². The summed E-state index contributed by atoms with van der Waals surface area (Å²) in [5.74, 6) is 1.44. The Morgan fingerprint density at radius 1 is 1.05 bits per heavy atom. The highest BCUT2D eigenvalue weighted by Crippen LogP contribution is 2.36. The second-order valence-corrected chi connectivity index (χ2v) is 7.37. The number of nitrogens with zero attached hydrogens (tertiary/aromatic N) is 2. The van der Waals surface area contributed by atoms with Crippen molar-refractivity contribution >= 4 is 11.9 Å². The minimum atomic E-state index is -0.591. The number of piperidine rings is 1. The average molecular weight is 293 g/mol. The molecule has 3 amide bonds. The summed E-state index contributed by atoms with van der Waals surface area (Å²) in [4.78, 5) is 28.7. The highest BCUT2D eigenvalue weighted by molar-refractivity contribution is 6.07. The summed E-state index contributed by atoms with van der Waals surface area (Å²) in [7, 11) is 0. The molecule has 1 spiro atoms. The first-order valence-corrected chi connectivity index (χ1v) is 8.37. The second-order valence-electron chi connectivity index (χ2n) is 7.37. The number of rotatable bonds is 2. The Balaban J connectivity index is 1.64. The minimum Gasteiger partial charge on any atom is -0.323 e. The number of carbonyl (C=O) groups excluding carboxylic acids is 2. The number of hydrogen-bond donors (Lipinski definition) is 1. The van der Waals surface area contributed by atoms with Gasteiger partial charge in [-0.2, -0.15) is 0 Å². The van der Waals surface area contributed by atoms with Gasteiger partial charge in [-0.05, 0) is 50.4 Å². The zero-order chi connectivity index (χ0) is 15.0. The van der Waals surface area contributed by atoms with E-state index in [1.54, 1.807) is 0 Å².